The average molecular weight is 517 g/mol. The van der Waals surface area contributed by atoms with Crippen LogP contribution in [-0.4, -0.2) is 23.1 Å². The summed E-state index contributed by atoms with van der Waals surface area (Å²) in [5, 5.41) is 16.4. The van der Waals surface area contributed by atoms with E-state index in [0.717, 1.165) is 4.47 Å². The molecule has 0 aliphatic carbocycles. The van der Waals surface area contributed by atoms with Gasteiger partial charge in [0.1, 0.15) is 5.75 Å². The molecule has 0 aromatic heterocycles. The van der Waals surface area contributed by atoms with E-state index in [2.05, 4.69) is 47.7 Å². The van der Waals surface area contributed by atoms with Gasteiger partial charge in [0.15, 0.2) is 0 Å². The number of benzene rings is 3. The first-order chi connectivity index (χ1) is 13.9. The van der Waals surface area contributed by atoms with Gasteiger partial charge in [0.05, 0.1) is 11.8 Å². The van der Waals surface area contributed by atoms with Crippen molar-refractivity contribution in [1.82, 2.24) is 5.43 Å². The minimum atomic E-state index is -0.417. The lowest BCUT2D eigenvalue weighted by Gasteiger charge is -2.07. The largest absolute Gasteiger partial charge is 0.507 e. The molecule has 3 aromatic carbocycles. The van der Waals surface area contributed by atoms with Crippen LogP contribution in [0.1, 0.15) is 26.3 Å². The zero-order valence-electron chi connectivity index (χ0n) is 14.9. The zero-order chi connectivity index (χ0) is 20.8. The maximum absolute atomic E-state index is 12.3. The van der Waals surface area contributed by atoms with Crippen LogP contribution in [0.4, 0.5) is 5.69 Å². The Morgan fingerprint density at radius 3 is 2.38 bits per heavy atom. The number of carbonyl (C=O) groups excluding carboxylic acids is 2. The van der Waals surface area contributed by atoms with Crippen LogP contribution in [-0.2, 0) is 0 Å². The Bertz CT molecular complexity index is 1080. The van der Waals surface area contributed by atoms with Gasteiger partial charge in [-0.1, -0.05) is 28.1 Å². The van der Waals surface area contributed by atoms with E-state index in [1.54, 1.807) is 54.6 Å². The number of nitrogens with one attached hydrogen (secondary N) is 2. The Morgan fingerprint density at radius 2 is 1.66 bits per heavy atom. The van der Waals surface area contributed by atoms with E-state index in [0.29, 0.717) is 26.9 Å². The van der Waals surface area contributed by atoms with Crippen molar-refractivity contribution in [1.29, 1.82) is 0 Å². The van der Waals surface area contributed by atoms with Gasteiger partial charge in [-0.2, -0.15) is 5.10 Å². The highest BCUT2D eigenvalue weighted by Gasteiger charge is 2.10. The van der Waals surface area contributed by atoms with E-state index < -0.39 is 5.91 Å². The summed E-state index contributed by atoms with van der Waals surface area (Å²) in [7, 11) is 0. The molecule has 0 unspecified atom stereocenters. The average Bonchev–Trinajstić information content (AvgIpc) is 2.71. The van der Waals surface area contributed by atoms with Gasteiger partial charge in [0.2, 0.25) is 0 Å². The number of phenols is 1. The molecule has 29 heavy (non-hydrogen) atoms. The summed E-state index contributed by atoms with van der Waals surface area (Å²) in [5.41, 5.74) is 4.31. The molecule has 0 fully saturated rings. The number of nitrogens with zero attached hydrogens (tertiary/aromatic N) is 1. The smallest absolute Gasteiger partial charge is 0.271 e. The van der Waals surface area contributed by atoms with Crippen molar-refractivity contribution in [2.75, 3.05) is 5.32 Å². The zero-order valence-corrected chi connectivity index (χ0v) is 18.1. The summed E-state index contributed by atoms with van der Waals surface area (Å²) in [6, 6.07) is 18.4. The molecule has 3 N–H and O–H groups in total. The fourth-order valence-electron chi connectivity index (χ4n) is 2.40. The molecule has 0 saturated carbocycles. The summed E-state index contributed by atoms with van der Waals surface area (Å²) in [4.78, 5) is 24.5. The molecule has 8 heteroatoms. The Labute approximate surface area is 183 Å². The molecule has 3 rings (SSSR count). The molecule has 0 aliphatic heterocycles. The number of aromatic hydroxyl groups is 1. The first kappa shape index (κ1) is 20.8. The highest BCUT2D eigenvalue weighted by atomic mass is 79.9. The van der Waals surface area contributed by atoms with Crippen LogP contribution in [0.5, 0.6) is 5.75 Å². The third-order valence-electron chi connectivity index (χ3n) is 3.88. The summed E-state index contributed by atoms with van der Waals surface area (Å²) in [6.45, 7) is 0. The predicted octanol–water partition coefficient (Wildman–Crippen LogP) is 4.93. The van der Waals surface area contributed by atoms with Crippen LogP contribution >= 0.6 is 31.9 Å². The van der Waals surface area contributed by atoms with Gasteiger partial charge in [0.25, 0.3) is 11.8 Å². The standard InChI is InChI=1S/C21H15Br2N3O3/c22-15-7-10-19(27)14(11-15)12-24-26-20(28)13-5-8-16(9-6-13)25-21(29)17-3-1-2-4-18(17)23/h1-12,27H,(H,25,29)(H,26,28)/b24-12+. The van der Waals surface area contributed by atoms with Crippen molar-refractivity contribution in [2.45, 2.75) is 0 Å². The molecule has 2 amide bonds. The van der Waals surface area contributed by atoms with E-state index in [-0.39, 0.29) is 11.7 Å². The molecule has 6 nitrogen and oxygen atoms in total. The first-order valence-electron chi connectivity index (χ1n) is 8.42. The van der Waals surface area contributed by atoms with E-state index >= 15 is 0 Å². The SMILES string of the molecule is O=C(N/N=C/c1cc(Br)ccc1O)c1ccc(NC(=O)c2ccccc2Br)cc1. The van der Waals surface area contributed by atoms with E-state index in [1.165, 1.54) is 12.3 Å². The number of hydrogen-bond donors (Lipinski definition) is 3. The first-order valence-corrected chi connectivity index (χ1v) is 10.0. The number of rotatable bonds is 5. The Balaban J connectivity index is 1.61. The second-order valence-corrected chi connectivity index (χ2v) is 7.68. The normalized spacial score (nSPS) is 10.7. The topological polar surface area (TPSA) is 90.8 Å². The summed E-state index contributed by atoms with van der Waals surface area (Å²) in [5.74, 6) is -0.621. The monoisotopic (exact) mass is 515 g/mol. The van der Waals surface area contributed by atoms with Crippen LogP contribution in [0.3, 0.4) is 0 Å². The van der Waals surface area contributed by atoms with Crippen molar-refractivity contribution >= 4 is 55.6 Å². The molecule has 0 spiro atoms. The molecule has 0 saturated heterocycles. The molecule has 3 aromatic rings. The molecule has 0 atom stereocenters. The lowest BCUT2D eigenvalue weighted by atomic mass is 10.1. The van der Waals surface area contributed by atoms with Crippen LogP contribution in [0.15, 0.2) is 80.8 Å². The third kappa shape index (κ3) is 5.52. The molecule has 0 heterocycles. The number of carbonyl (C=O) groups is 2. The fourth-order valence-corrected chi connectivity index (χ4v) is 3.25. The van der Waals surface area contributed by atoms with E-state index in [1.807, 2.05) is 6.07 Å². The van der Waals surface area contributed by atoms with Gasteiger partial charge < -0.3 is 10.4 Å². The number of amides is 2. The minimum absolute atomic E-state index is 0.0522. The molecule has 0 radical (unpaired) electrons. The predicted molar refractivity (Wildman–Crippen MR) is 119 cm³/mol. The van der Waals surface area contributed by atoms with Gasteiger partial charge in [-0.05, 0) is 70.5 Å². The van der Waals surface area contributed by atoms with Gasteiger partial charge in [-0.3, -0.25) is 9.59 Å². The summed E-state index contributed by atoms with van der Waals surface area (Å²) >= 11 is 6.65. The lowest BCUT2D eigenvalue weighted by Crippen LogP contribution is -2.18. The van der Waals surface area contributed by atoms with Gasteiger partial charge >= 0.3 is 0 Å². The maximum atomic E-state index is 12.3. The molecule has 0 aliphatic rings. The van der Waals surface area contributed by atoms with Crippen molar-refractivity contribution < 1.29 is 14.7 Å². The van der Waals surface area contributed by atoms with Crippen LogP contribution in [0, 0.1) is 0 Å². The quantitative estimate of drug-likeness (QED) is 0.331. The minimum Gasteiger partial charge on any atom is -0.507 e. The van der Waals surface area contributed by atoms with Crippen LogP contribution < -0.4 is 10.7 Å². The Kier molecular flexibility index (Phi) is 6.79. The van der Waals surface area contributed by atoms with Crippen molar-refractivity contribution in [2.24, 2.45) is 5.10 Å². The molecular formula is C21H15Br2N3O3. The van der Waals surface area contributed by atoms with Crippen LogP contribution in [0.25, 0.3) is 0 Å². The second-order valence-electron chi connectivity index (χ2n) is 5.91. The highest BCUT2D eigenvalue weighted by molar-refractivity contribution is 9.10. The molecule has 146 valence electrons. The lowest BCUT2D eigenvalue weighted by molar-refractivity contribution is 0.0954. The highest BCUT2D eigenvalue weighted by Crippen LogP contribution is 2.20. The number of halogens is 2. The van der Waals surface area contributed by atoms with Crippen molar-refractivity contribution in [3.8, 4) is 5.75 Å². The van der Waals surface area contributed by atoms with E-state index in [4.69, 9.17) is 0 Å². The molecular weight excluding hydrogens is 502 g/mol. The summed E-state index contributed by atoms with van der Waals surface area (Å²) in [6.07, 6.45) is 1.35. The fraction of sp³-hybridized carbons (Fsp3) is 0. The number of hydrogen-bond acceptors (Lipinski definition) is 4. The maximum Gasteiger partial charge on any atom is 0.271 e. The van der Waals surface area contributed by atoms with Crippen molar-refractivity contribution in [3.63, 3.8) is 0 Å². The van der Waals surface area contributed by atoms with E-state index in [9.17, 15) is 14.7 Å². The number of anilines is 1. The number of hydrazone groups is 1. The molecule has 0 bridgehead atoms. The van der Waals surface area contributed by atoms with Crippen molar-refractivity contribution in [3.05, 3.63) is 92.4 Å². The Hall–Kier alpha value is -2.97. The van der Waals surface area contributed by atoms with Gasteiger partial charge in [-0.15, -0.1) is 0 Å². The van der Waals surface area contributed by atoms with Gasteiger partial charge in [-0.25, -0.2) is 5.43 Å². The van der Waals surface area contributed by atoms with Gasteiger partial charge in [0, 0.05) is 25.8 Å². The van der Waals surface area contributed by atoms with Crippen LogP contribution in [0.2, 0.25) is 0 Å². The Morgan fingerprint density at radius 1 is 0.931 bits per heavy atom. The number of phenolic OH excluding ortho intramolecular Hbond substituents is 1. The second kappa shape index (κ2) is 9.49. The third-order valence-corrected chi connectivity index (χ3v) is 5.07. The summed E-state index contributed by atoms with van der Waals surface area (Å²) < 4.78 is 1.48.